The average Bonchev–Trinajstić information content (AvgIpc) is 2.29. The molecule has 0 fully saturated rings. The van der Waals surface area contributed by atoms with E-state index in [1.165, 1.54) is 5.56 Å². The molecular formula is C14H21NOS. The van der Waals surface area contributed by atoms with Crippen LogP contribution in [-0.2, 0) is 17.4 Å². The lowest BCUT2D eigenvalue weighted by Gasteiger charge is -1.99. The maximum atomic E-state index is 11.4. The number of rotatable bonds is 7. The second kappa shape index (κ2) is 8.18. The highest BCUT2D eigenvalue weighted by Gasteiger charge is 1.99. The summed E-state index contributed by atoms with van der Waals surface area (Å²) in [6, 6.07) is 10.4. The summed E-state index contributed by atoms with van der Waals surface area (Å²) in [5.74, 6) is 1.10. The van der Waals surface area contributed by atoms with Crippen molar-refractivity contribution in [3.8, 4) is 0 Å². The third kappa shape index (κ3) is 7.05. The van der Waals surface area contributed by atoms with E-state index < -0.39 is 11.0 Å². The highest BCUT2D eigenvalue weighted by molar-refractivity contribution is 7.83. The largest absolute Gasteiger partial charge is 0.235 e. The van der Waals surface area contributed by atoms with Gasteiger partial charge in [0.1, 0.15) is 11.0 Å². The fourth-order valence-corrected chi connectivity index (χ4v) is 2.43. The fourth-order valence-electron chi connectivity index (χ4n) is 1.51. The van der Waals surface area contributed by atoms with Crippen LogP contribution >= 0.6 is 0 Å². The first-order valence-electron chi connectivity index (χ1n) is 6.13. The van der Waals surface area contributed by atoms with E-state index in [0.29, 0.717) is 11.7 Å². The third-order valence-corrected chi connectivity index (χ3v) is 3.65. The van der Waals surface area contributed by atoms with E-state index in [1.54, 1.807) is 6.21 Å². The Morgan fingerprint density at radius 3 is 2.65 bits per heavy atom. The van der Waals surface area contributed by atoms with Gasteiger partial charge in [-0.2, -0.15) is 0 Å². The van der Waals surface area contributed by atoms with Gasteiger partial charge in [0.2, 0.25) is 0 Å². The number of aryl methyl sites for hydroxylation is 1. The Kier molecular flexibility index (Phi) is 6.78. The summed E-state index contributed by atoms with van der Waals surface area (Å²) in [4.78, 5) is 0. The van der Waals surface area contributed by atoms with Gasteiger partial charge in [-0.15, -0.1) is 0 Å². The topological polar surface area (TPSA) is 29.4 Å². The van der Waals surface area contributed by atoms with Crippen molar-refractivity contribution in [3.63, 3.8) is 0 Å². The van der Waals surface area contributed by atoms with E-state index in [9.17, 15) is 4.21 Å². The quantitative estimate of drug-likeness (QED) is 0.539. The first kappa shape index (κ1) is 14.1. The molecular weight excluding hydrogens is 230 g/mol. The van der Waals surface area contributed by atoms with Crippen LogP contribution in [0.15, 0.2) is 34.7 Å². The summed E-state index contributed by atoms with van der Waals surface area (Å²) in [6.07, 6.45) is 4.83. The summed E-state index contributed by atoms with van der Waals surface area (Å²) >= 11 is 0. The summed E-state index contributed by atoms with van der Waals surface area (Å²) in [5.41, 5.74) is 1.35. The number of hydrogen-bond donors (Lipinski definition) is 0. The predicted molar refractivity (Wildman–Crippen MR) is 75.7 cm³/mol. The van der Waals surface area contributed by atoms with Crippen LogP contribution in [0.1, 0.15) is 32.3 Å². The molecule has 0 saturated carbocycles. The number of benzene rings is 1. The van der Waals surface area contributed by atoms with Gasteiger partial charge in [-0.1, -0.05) is 44.2 Å². The van der Waals surface area contributed by atoms with E-state index >= 15 is 0 Å². The number of unbranched alkanes of at least 4 members (excludes halogenated alkanes) is 1. The zero-order valence-electron chi connectivity index (χ0n) is 10.6. The molecule has 2 nitrogen and oxygen atoms in total. The average molecular weight is 251 g/mol. The van der Waals surface area contributed by atoms with Crippen LogP contribution in [0.3, 0.4) is 0 Å². The Bertz CT molecular complexity index is 360. The SMILES string of the molecule is CC(C)CS(=O)N=CCCCc1ccccc1. The molecule has 0 radical (unpaired) electrons. The maximum Gasteiger partial charge on any atom is 0.139 e. The van der Waals surface area contributed by atoms with Crippen molar-refractivity contribution >= 4 is 17.2 Å². The van der Waals surface area contributed by atoms with Gasteiger partial charge in [0.05, 0.1) is 0 Å². The van der Waals surface area contributed by atoms with E-state index in [4.69, 9.17) is 0 Å². The summed E-state index contributed by atoms with van der Waals surface area (Å²) in [5, 5.41) is 0. The van der Waals surface area contributed by atoms with Crippen molar-refractivity contribution in [3.05, 3.63) is 35.9 Å². The van der Waals surface area contributed by atoms with Gasteiger partial charge in [-0.3, -0.25) is 0 Å². The van der Waals surface area contributed by atoms with Gasteiger partial charge in [-0.25, -0.2) is 8.61 Å². The Morgan fingerprint density at radius 2 is 2.00 bits per heavy atom. The molecule has 0 heterocycles. The molecule has 0 spiro atoms. The van der Waals surface area contributed by atoms with Gasteiger partial charge >= 0.3 is 0 Å². The second-order valence-electron chi connectivity index (χ2n) is 4.55. The first-order valence-corrected chi connectivity index (χ1v) is 7.41. The molecule has 1 aromatic rings. The predicted octanol–water partition coefficient (Wildman–Crippen LogP) is 3.40. The monoisotopic (exact) mass is 251 g/mol. The van der Waals surface area contributed by atoms with Crippen molar-refractivity contribution in [2.75, 3.05) is 5.75 Å². The van der Waals surface area contributed by atoms with Crippen molar-refractivity contribution in [2.45, 2.75) is 33.1 Å². The molecule has 1 aromatic carbocycles. The smallest absolute Gasteiger partial charge is 0.139 e. The van der Waals surface area contributed by atoms with Crippen LogP contribution in [0.2, 0.25) is 0 Å². The minimum Gasteiger partial charge on any atom is -0.235 e. The van der Waals surface area contributed by atoms with E-state index in [2.05, 4.69) is 42.5 Å². The molecule has 3 heteroatoms. The standard InChI is InChI=1S/C14H21NOS/c1-13(2)12-17(16)15-11-7-6-10-14-8-4-3-5-9-14/h3-5,8-9,11,13H,6-7,10,12H2,1-2H3. The molecule has 0 aromatic heterocycles. The molecule has 94 valence electrons. The number of hydrogen-bond acceptors (Lipinski definition) is 1. The van der Waals surface area contributed by atoms with E-state index in [1.807, 2.05) is 6.07 Å². The molecule has 1 unspecified atom stereocenters. The summed E-state index contributed by atoms with van der Waals surface area (Å²) in [6.45, 7) is 4.12. The fraction of sp³-hybridized carbons (Fsp3) is 0.500. The van der Waals surface area contributed by atoms with Gasteiger partial charge < -0.3 is 0 Å². The molecule has 1 atom stereocenters. The zero-order chi connectivity index (χ0) is 12.5. The van der Waals surface area contributed by atoms with Crippen LogP contribution < -0.4 is 0 Å². The molecule has 0 N–H and O–H groups in total. The van der Waals surface area contributed by atoms with Crippen LogP contribution in [0.5, 0.6) is 0 Å². The summed E-state index contributed by atoms with van der Waals surface area (Å²) < 4.78 is 15.4. The zero-order valence-corrected chi connectivity index (χ0v) is 11.5. The minimum absolute atomic E-state index is 0.442. The third-order valence-electron chi connectivity index (χ3n) is 2.31. The minimum atomic E-state index is -1.03. The number of nitrogens with zero attached hydrogens (tertiary/aromatic N) is 1. The van der Waals surface area contributed by atoms with E-state index in [0.717, 1.165) is 19.3 Å². The molecule has 0 aliphatic heterocycles. The lowest BCUT2D eigenvalue weighted by atomic mass is 10.1. The Labute approximate surface area is 107 Å². The Morgan fingerprint density at radius 1 is 1.29 bits per heavy atom. The van der Waals surface area contributed by atoms with Crippen molar-refractivity contribution in [2.24, 2.45) is 10.3 Å². The molecule has 0 aliphatic carbocycles. The van der Waals surface area contributed by atoms with Gasteiger partial charge in [-0.05, 0) is 30.7 Å². The summed E-state index contributed by atoms with van der Waals surface area (Å²) in [7, 11) is -1.03. The maximum absolute atomic E-state index is 11.4. The van der Waals surface area contributed by atoms with Crippen LogP contribution in [-0.4, -0.2) is 16.2 Å². The highest BCUT2D eigenvalue weighted by atomic mass is 32.2. The van der Waals surface area contributed by atoms with Gasteiger partial charge in [0, 0.05) is 12.0 Å². The highest BCUT2D eigenvalue weighted by Crippen LogP contribution is 2.04. The van der Waals surface area contributed by atoms with Gasteiger partial charge in [0.25, 0.3) is 0 Å². The first-order chi connectivity index (χ1) is 8.18. The van der Waals surface area contributed by atoms with E-state index in [-0.39, 0.29) is 0 Å². The molecule has 17 heavy (non-hydrogen) atoms. The Hall–Kier alpha value is -0.960. The van der Waals surface area contributed by atoms with Crippen LogP contribution in [0.4, 0.5) is 0 Å². The second-order valence-corrected chi connectivity index (χ2v) is 5.73. The van der Waals surface area contributed by atoms with Crippen LogP contribution in [0.25, 0.3) is 0 Å². The molecule has 0 saturated heterocycles. The van der Waals surface area contributed by atoms with Crippen LogP contribution in [0, 0.1) is 5.92 Å². The van der Waals surface area contributed by atoms with Crippen molar-refractivity contribution < 1.29 is 4.21 Å². The Balaban J connectivity index is 2.16. The molecule has 0 amide bonds. The lowest BCUT2D eigenvalue weighted by molar-refractivity contribution is 0.666. The molecule has 0 aliphatic rings. The molecule has 0 bridgehead atoms. The van der Waals surface area contributed by atoms with Gasteiger partial charge in [0.15, 0.2) is 0 Å². The van der Waals surface area contributed by atoms with Crippen molar-refractivity contribution in [1.82, 2.24) is 0 Å². The lowest BCUT2D eigenvalue weighted by Crippen LogP contribution is -2.01. The van der Waals surface area contributed by atoms with Crippen molar-refractivity contribution in [1.29, 1.82) is 0 Å². The normalized spacial score (nSPS) is 13.4. The molecule has 1 rings (SSSR count).